The van der Waals surface area contributed by atoms with Gasteiger partial charge in [0.05, 0.1) is 19.5 Å². The smallest absolute Gasteiger partial charge is 0.316 e. The monoisotopic (exact) mass is 198 g/mol. The van der Waals surface area contributed by atoms with E-state index in [1.54, 1.807) is 6.92 Å². The van der Waals surface area contributed by atoms with Gasteiger partial charge >= 0.3 is 5.97 Å². The summed E-state index contributed by atoms with van der Waals surface area (Å²) in [5.41, 5.74) is 0. The SMILES string of the molecule is CCOC(=O)C1CCC(OC)=CC1=O. The third-order valence-corrected chi connectivity index (χ3v) is 2.16. The minimum atomic E-state index is -0.631. The van der Waals surface area contributed by atoms with E-state index in [9.17, 15) is 9.59 Å². The highest BCUT2D eigenvalue weighted by atomic mass is 16.5. The van der Waals surface area contributed by atoms with Gasteiger partial charge in [0, 0.05) is 12.5 Å². The van der Waals surface area contributed by atoms with Crippen LogP contribution in [0.5, 0.6) is 0 Å². The van der Waals surface area contributed by atoms with Gasteiger partial charge in [-0.25, -0.2) is 0 Å². The normalized spacial score (nSPS) is 21.4. The fourth-order valence-electron chi connectivity index (χ4n) is 1.40. The van der Waals surface area contributed by atoms with Gasteiger partial charge in [0.2, 0.25) is 0 Å². The molecule has 4 heteroatoms. The summed E-state index contributed by atoms with van der Waals surface area (Å²) in [6, 6.07) is 0. The molecule has 0 N–H and O–H groups in total. The van der Waals surface area contributed by atoms with Crippen molar-refractivity contribution in [3.05, 3.63) is 11.8 Å². The Kier molecular flexibility index (Phi) is 3.68. The molecule has 0 aromatic rings. The maximum atomic E-state index is 11.4. The van der Waals surface area contributed by atoms with E-state index >= 15 is 0 Å². The topological polar surface area (TPSA) is 52.6 Å². The van der Waals surface area contributed by atoms with Crippen LogP contribution in [0.3, 0.4) is 0 Å². The summed E-state index contributed by atoms with van der Waals surface area (Å²) in [5, 5.41) is 0. The van der Waals surface area contributed by atoms with Crippen LogP contribution in [0.15, 0.2) is 11.8 Å². The first-order chi connectivity index (χ1) is 6.69. The van der Waals surface area contributed by atoms with Crippen LogP contribution in [0.4, 0.5) is 0 Å². The van der Waals surface area contributed by atoms with Crippen molar-refractivity contribution >= 4 is 11.8 Å². The second-order valence-corrected chi connectivity index (χ2v) is 3.06. The van der Waals surface area contributed by atoms with Gasteiger partial charge in [-0.05, 0) is 13.3 Å². The third kappa shape index (κ3) is 2.34. The molecule has 0 bridgehead atoms. The van der Waals surface area contributed by atoms with Gasteiger partial charge < -0.3 is 9.47 Å². The molecule has 0 saturated heterocycles. The number of carbonyl (C=O) groups excluding carboxylic acids is 2. The molecule has 0 fully saturated rings. The van der Waals surface area contributed by atoms with Crippen molar-refractivity contribution in [1.82, 2.24) is 0 Å². The van der Waals surface area contributed by atoms with Crippen molar-refractivity contribution in [3.8, 4) is 0 Å². The van der Waals surface area contributed by atoms with Crippen molar-refractivity contribution in [2.24, 2.45) is 5.92 Å². The van der Waals surface area contributed by atoms with Gasteiger partial charge in [-0.15, -0.1) is 0 Å². The third-order valence-electron chi connectivity index (χ3n) is 2.16. The summed E-state index contributed by atoms with van der Waals surface area (Å²) in [7, 11) is 1.52. The number of hydrogen-bond acceptors (Lipinski definition) is 4. The van der Waals surface area contributed by atoms with E-state index in [0.29, 0.717) is 25.2 Å². The Morgan fingerprint density at radius 2 is 2.36 bits per heavy atom. The van der Waals surface area contributed by atoms with Crippen LogP contribution in [0.2, 0.25) is 0 Å². The minimum Gasteiger partial charge on any atom is -0.501 e. The summed E-state index contributed by atoms with van der Waals surface area (Å²) < 4.78 is 9.73. The molecule has 78 valence electrons. The zero-order chi connectivity index (χ0) is 10.6. The van der Waals surface area contributed by atoms with Crippen molar-refractivity contribution < 1.29 is 19.1 Å². The average Bonchev–Trinajstić information content (AvgIpc) is 2.17. The lowest BCUT2D eigenvalue weighted by atomic mass is 9.92. The van der Waals surface area contributed by atoms with Gasteiger partial charge in [-0.3, -0.25) is 9.59 Å². The Hall–Kier alpha value is -1.32. The number of carbonyl (C=O) groups is 2. The van der Waals surface area contributed by atoms with E-state index in [2.05, 4.69) is 0 Å². The summed E-state index contributed by atoms with van der Waals surface area (Å²) in [6.07, 6.45) is 2.48. The Bertz CT molecular complexity index is 267. The summed E-state index contributed by atoms with van der Waals surface area (Å²) in [5.74, 6) is -0.639. The van der Waals surface area contributed by atoms with Crippen LogP contribution in [-0.4, -0.2) is 25.5 Å². The van der Waals surface area contributed by atoms with Crippen LogP contribution in [0, 0.1) is 5.92 Å². The number of methoxy groups -OCH3 is 1. The van der Waals surface area contributed by atoms with E-state index in [1.165, 1.54) is 13.2 Å². The molecule has 0 heterocycles. The van der Waals surface area contributed by atoms with Gasteiger partial charge in [0.15, 0.2) is 5.78 Å². The lowest BCUT2D eigenvalue weighted by molar-refractivity contribution is -0.151. The molecule has 0 amide bonds. The molecule has 14 heavy (non-hydrogen) atoms. The molecule has 1 rings (SSSR count). The molecule has 1 unspecified atom stereocenters. The molecule has 1 aliphatic rings. The van der Waals surface area contributed by atoms with Crippen LogP contribution in [0.1, 0.15) is 19.8 Å². The largest absolute Gasteiger partial charge is 0.501 e. The highest BCUT2D eigenvalue weighted by Crippen LogP contribution is 2.22. The van der Waals surface area contributed by atoms with E-state index in [-0.39, 0.29) is 5.78 Å². The number of allylic oxidation sites excluding steroid dienone is 2. The average molecular weight is 198 g/mol. The quantitative estimate of drug-likeness (QED) is 0.502. The molecule has 0 aliphatic heterocycles. The minimum absolute atomic E-state index is 0.216. The van der Waals surface area contributed by atoms with Crippen molar-refractivity contribution in [2.75, 3.05) is 13.7 Å². The molecule has 1 aliphatic carbocycles. The number of esters is 1. The summed E-state index contributed by atoms with van der Waals surface area (Å²) in [6.45, 7) is 2.03. The maximum Gasteiger partial charge on any atom is 0.316 e. The highest BCUT2D eigenvalue weighted by Gasteiger charge is 2.30. The molecule has 0 aromatic heterocycles. The molecule has 0 aromatic carbocycles. The summed E-state index contributed by atoms with van der Waals surface area (Å²) in [4.78, 5) is 22.7. The van der Waals surface area contributed by atoms with E-state index in [1.807, 2.05) is 0 Å². The summed E-state index contributed by atoms with van der Waals surface area (Å²) >= 11 is 0. The van der Waals surface area contributed by atoms with Gasteiger partial charge in [-0.2, -0.15) is 0 Å². The molecule has 4 nitrogen and oxygen atoms in total. The fourth-order valence-corrected chi connectivity index (χ4v) is 1.40. The predicted molar refractivity (Wildman–Crippen MR) is 49.5 cm³/mol. The zero-order valence-corrected chi connectivity index (χ0v) is 8.41. The van der Waals surface area contributed by atoms with Crippen LogP contribution >= 0.6 is 0 Å². The lowest BCUT2D eigenvalue weighted by Gasteiger charge is -2.18. The van der Waals surface area contributed by atoms with Crippen LogP contribution in [-0.2, 0) is 19.1 Å². The Balaban J connectivity index is 2.63. The van der Waals surface area contributed by atoms with Crippen molar-refractivity contribution in [2.45, 2.75) is 19.8 Å². The molecule has 0 saturated carbocycles. The first-order valence-electron chi connectivity index (χ1n) is 4.64. The number of hydrogen-bond donors (Lipinski definition) is 0. The number of rotatable bonds is 3. The second-order valence-electron chi connectivity index (χ2n) is 3.06. The molecule has 0 radical (unpaired) electrons. The highest BCUT2D eigenvalue weighted by molar-refractivity contribution is 6.05. The lowest BCUT2D eigenvalue weighted by Crippen LogP contribution is -2.28. The van der Waals surface area contributed by atoms with Crippen molar-refractivity contribution in [3.63, 3.8) is 0 Å². The first-order valence-corrected chi connectivity index (χ1v) is 4.64. The van der Waals surface area contributed by atoms with E-state index in [4.69, 9.17) is 9.47 Å². The number of ketones is 1. The van der Waals surface area contributed by atoms with Crippen molar-refractivity contribution in [1.29, 1.82) is 0 Å². The zero-order valence-electron chi connectivity index (χ0n) is 8.41. The maximum absolute atomic E-state index is 11.4. The first kappa shape index (κ1) is 10.8. The van der Waals surface area contributed by atoms with Crippen LogP contribution < -0.4 is 0 Å². The predicted octanol–water partition coefficient (Wildman–Crippen LogP) is 1.06. The van der Waals surface area contributed by atoms with Gasteiger partial charge in [0.25, 0.3) is 0 Å². The standard InChI is InChI=1S/C10H14O4/c1-3-14-10(12)8-5-4-7(13-2)6-9(8)11/h6,8H,3-5H2,1-2H3. The fraction of sp³-hybridized carbons (Fsp3) is 0.600. The molecule has 1 atom stereocenters. The number of ether oxygens (including phenoxy) is 2. The Morgan fingerprint density at radius 1 is 1.64 bits per heavy atom. The Labute approximate surface area is 82.9 Å². The van der Waals surface area contributed by atoms with Gasteiger partial charge in [-0.1, -0.05) is 0 Å². The van der Waals surface area contributed by atoms with Crippen LogP contribution in [0.25, 0.3) is 0 Å². The van der Waals surface area contributed by atoms with E-state index in [0.717, 1.165) is 0 Å². The molecular formula is C10H14O4. The van der Waals surface area contributed by atoms with E-state index < -0.39 is 11.9 Å². The Morgan fingerprint density at radius 3 is 2.86 bits per heavy atom. The van der Waals surface area contributed by atoms with Gasteiger partial charge in [0.1, 0.15) is 5.92 Å². The molecular weight excluding hydrogens is 184 g/mol. The molecule has 0 spiro atoms. The second kappa shape index (κ2) is 4.79.